The van der Waals surface area contributed by atoms with Crippen molar-refractivity contribution in [2.45, 2.75) is 26.3 Å². The van der Waals surface area contributed by atoms with E-state index < -0.39 is 0 Å². The second kappa shape index (κ2) is 6.29. The molecular weight excluding hydrogens is 166 g/mol. The third-order valence-electron chi connectivity index (χ3n) is 1.42. The summed E-state index contributed by atoms with van der Waals surface area (Å²) in [7, 11) is 0. The lowest BCUT2D eigenvalue weighted by molar-refractivity contribution is -0.122. The maximum absolute atomic E-state index is 11.1. The zero-order valence-corrected chi connectivity index (χ0v) is 8.30. The van der Waals surface area contributed by atoms with Crippen molar-refractivity contribution in [3.8, 4) is 0 Å². The van der Waals surface area contributed by atoms with E-state index in [1.54, 1.807) is 13.0 Å². The van der Waals surface area contributed by atoms with E-state index in [2.05, 4.69) is 18.5 Å². The number of carbonyl (C=O) groups excluding carboxylic acids is 1. The second-order valence-electron chi connectivity index (χ2n) is 2.89. The van der Waals surface area contributed by atoms with Crippen molar-refractivity contribution in [2.75, 3.05) is 6.61 Å². The molecule has 0 heterocycles. The van der Waals surface area contributed by atoms with Crippen molar-refractivity contribution in [3.63, 3.8) is 0 Å². The summed E-state index contributed by atoms with van der Waals surface area (Å²) in [6.07, 6.45) is 2.03. The van der Waals surface area contributed by atoms with Gasteiger partial charge in [0.1, 0.15) is 0 Å². The van der Waals surface area contributed by atoms with Crippen molar-refractivity contribution < 1.29 is 9.53 Å². The SMILES string of the molecule is C=CC(C)NC(=O)CCOC(=C)C. The fourth-order valence-corrected chi connectivity index (χ4v) is 0.703. The predicted molar refractivity (Wildman–Crippen MR) is 53.2 cm³/mol. The van der Waals surface area contributed by atoms with Crippen LogP contribution in [0.25, 0.3) is 0 Å². The van der Waals surface area contributed by atoms with Crippen molar-refractivity contribution in [3.05, 3.63) is 25.0 Å². The zero-order valence-electron chi connectivity index (χ0n) is 8.30. The van der Waals surface area contributed by atoms with Crippen LogP contribution >= 0.6 is 0 Å². The Morgan fingerprint density at radius 2 is 2.31 bits per heavy atom. The van der Waals surface area contributed by atoms with Crippen molar-refractivity contribution in [1.82, 2.24) is 5.32 Å². The molecule has 1 unspecified atom stereocenters. The predicted octanol–water partition coefficient (Wildman–Crippen LogP) is 1.62. The Hall–Kier alpha value is -1.25. The van der Waals surface area contributed by atoms with Crippen LogP contribution in [0.1, 0.15) is 20.3 Å². The number of rotatable bonds is 6. The van der Waals surface area contributed by atoms with E-state index >= 15 is 0 Å². The normalized spacial score (nSPS) is 11.5. The first-order valence-electron chi connectivity index (χ1n) is 4.26. The molecule has 74 valence electrons. The Bertz CT molecular complexity index is 199. The molecule has 1 amide bonds. The Morgan fingerprint density at radius 1 is 1.69 bits per heavy atom. The van der Waals surface area contributed by atoms with Gasteiger partial charge in [-0.05, 0) is 13.8 Å². The van der Waals surface area contributed by atoms with Crippen LogP contribution in [0, 0.1) is 0 Å². The van der Waals surface area contributed by atoms with Crippen LogP contribution in [0.15, 0.2) is 25.0 Å². The van der Waals surface area contributed by atoms with E-state index in [1.807, 2.05) is 6.92 Å². The fourth-order valence-electron chi connectivity index (χ4n) is 0.703. The van der Waals surface area contributed by atoms with Gasteiger partial charge < -0.3 is 10.1 Å². The Kier molecular flexibility index (Phi) is 5.68. The minimum absolute atomic E-state index is 0.0114. The molecule has 0 saturated carbocycles. The molecule has 1 N–H and O–H groups in total. The van der Waals surface area contributed by atoms with Crippen molar-refractivity contribution in [2.24, 2.45) is 0 Å². The lowest BCUT2D eigenvalue weighted by atomic mass is 10.3. The highest BCUT2D eigenvalue weighted by atomic mass is 16.5. The second-order valence-corrected chi connectivity index (χ2v) is 2.89. The van der Waals surface area contributed by atoms with Gasteiger partial charge in [-0.15, -0.1) is 6.58 Å². The van der Waals surface area contributed by atoms with E-state index in [-0.39, 0.29) is 11.9 Å². The molecule has 1 atom stereocenters. The van der Waals surface area contributed by atoms with Crippen LogP contribution in [0.2, 0.25) is 0 Å². The van der Waals surface area contributed by atoms with Gasteiger partial charge in [0.25, 0.3) is 0 Å². The van der Waals surface area contributed by atoms with Gasteiger partial charge >= 0.3 is 0 Å². The van der Waals surface area contributed by atoms with E-state index in [9.17, 15) is 4.79 Å². The first kappa shape index (κ1) is 11.8. The summed E-state index contributed by atoms with van der Waals surface area (Å²) in [5, 5.41) is 2.74. The summed E-state index contributed by atoms with van der Waals surface area (Å²) in [5.74, 6) is 0.596. The highest BCUT2D eigenvalue weighted by molar-refractivity contribution is 5.76. The summed E-state index contributed by atoms with van der Waals surface area (Å²) in [4.78, 5) is 11.1. The topological polar surface area (TPSA) is 38.3 Å². The van der Waals surface area contributed by atoms with Gasteiger partial charge in [0.2, 0.25) is 5.91 Å². The van der Waals surface area contributed by atoms with E-state index in [0.29, 0.717) is 18.8 Å². The number of carbonyl (C=O) groups is 1. The molecule has 0 aromatic carbocycles. The largest absolute Gasteiger partial charge is 0.498 e. The van der Waals surface area contributed by atoms with E-state index in [1.165, 1.54) is 0 Å². The van der Waals surface area contributed by atoms with Crippen molar-refractivity contribution in [1.29, 1.82) is 0 Å². The molecule has 0 saturated heterocycles. The van der Waals surface area contributed by atoms with Crippen LogP contribution in [-0.2, 0) is 9.53 Å². The fraction of sp³-hybridized carbons (Fsp3) is 0.500. The van der Waals surface area contributed by atoms with Gasteiger partial charge in [-0.1, -0.05) is 12.7 Å². The maximum atomic E-state index is 11.1. The van der Waals surface area contributed by atoms with E-state index in [4.69, 9.17) is 4.74 Å². The summed E-state index contributed by atoms with van der Waals surface area (Å²) in [5.41, 5.74) is 0. The van der Waals surface area contributed by atoms with Gasteiger partial charge in [0, 0.05) is 6.04 Å². The Balaban J connectivity index is 3.51. The summed E-state index contributed by atoms with van der Waals surface area (Å²) < 4.78 is 5.05. The van der Waals surface area contributed by atoms with Crippen LogP contribution in [0.4, 0.5) is 0 Å². The summed E-state index contributed by atoms with van der Waals surface area (Å²) >= 11 is 0. The highest BCUT2D eigenvalue weighted by Gasteiger charge is 2.03. The maximum Gasteiger partial charge on any atom is 0.223 e. The average molecular weight is 183 g/mol. The molecule has 13 heavy (non-hydrogen) atoms. The molecule has 0 aliphatic rings. The standard InChI is InChI=1S/C10H17NO2/c1-5-9(4)11-10(12)6-7-13-8(2)3/h5,9H,1-2,6-7H2,3-4H3,(H,11,12). The molecule has 0 aliphatic heterocycles. The van der Waals surface area contributed by atoms with Gasteiger partial charge in [0.15, 0.2) is 0 Å². The van der Waals surface area contributed by atoms with Gasteiger partial charge in [-0.2, -0.15) is 0 Å². The molecule has 0 spiro atoms. The molecule has 0 aliphatic carbocycles. The van der Waals surface area contributed by atoms with Crippen molar-refractivity contribution >= 4 is 5.91 Å². The molecule has 0 aromatic rings. The van der Waals surface area contributed by atoms with Gasteiger partial charge in [0.05, 0.1) is 18.8 Å². The lowest BCUT2D eigenvalue weighted by Gasteiger charge is -2.09. The lowest BCUT2D eigenvalue weighted by Crippen LogP contribution is -2.31. The molecule has 3 heteroatoms. The van der Waals surface area contributed by atoms with Crippen LogP contribution < -0.4 is 5.32 Å². The molecule has 0 aromatic heterocycles. The highest BCUT2D eigenvalue weighted by Crippen LogP contribution is 1.93. The van der Waals surface area contributed by atoms with Crippen LogP contribution in [-0.4, -0.2) is 18.6 Å². The smallest absolute Gasteiger partial charge is 0.223 e. The summed E-state index contributed by atoms with van der Waals surface area (Å²) in [6, 6.07) is 0.0114. The molecule has 0 rings (SSSR count). The third kappa shape index (κ3) is 7.12. The third-order valence-corrected chi connectivity index (χ3v) is 1.42. The molecule has 0 bridgehead atoms. The number of hydrogen-bond donors (Lipinski definition) is 1. The molecule has 0 radical (unpaired) electrons. The number of hydrogen-bond acceptors (Lipinski definition) is 2. The minimum Gasteiger partial charge on any atom is -0.498 e. The first-order chi connectivity index (χ1) is 6.06. The minimum atomic E-state index is -0.0337. The quantitative estimate of drug-likeness (QED) is 0.502. The van der Waals surface area contributed by atoms with Gasteiger partial charge in [-0.3, -0.25) is 4.79 Å². The van der Waals surface area contributed by atoms with Gasteiger partial charge in [-0.25, -0.2) is 0 Å². The Labute approximate surface area is 79.5 Å². The first-order valence-corrected chi connectivity index (χ1v) is 4.26. The molecule has 3 nitrogen and oxygen atoms in total. The zero-order chi connectivity index (χ0) is 10.3. The number of ether oxygens (including phenoxy) is 1. The van der Waals surface area contributed by atoms with Crippen LogP contribution in [0.3, 0.4) is 0 Å². The Morgan fingerprint density at radius 3 is 2.77 bits per heavy atom. The number of amides is 1. The molecular formula is C10H17NO2. The average Bonchev–Trinajstić information content (AvgIpc) is 2.03. The molecule has 0 fully saturated rings. The number of nitrogens with one attached hydrogen (secondary N) is 1. The van der Waals surface area contributed by atoms with Crippen LogP contribution in [0.5, 0.6) is 0 Å². The van der Waals surface area contributed by atoms with E-state index in [0.717, 1.165) is 0 Å². The number of allylic oxidation sites excluding steroid dienone is 1. The summed E-state index contributed by atoms with van der Waals surface area (Å²) in [6.45, 7) is 11.1. The monoisotopic (exact) mass is 183 g/mol.